The molecule has 3 rings (SSSR count). The first-order valence-electron chi connectivity index (χ1n) is 7.74. The Morgan fingerprint density at radius 2 is 1.46 bits per heavy atom. The van der Waals surface area contributed by atoms with E-state index in [4.69, 9.17) is 4.74 Å². The first-order valence-corrected chi connectivity index (χ1v) is 7.74. The van der Waals surface area contributed by atoms with Crippen molar-refractivity contribution in [1.29, 1.82) is 0 Å². The second-order valence-corrected chi connectivity index (χ2v) is 6.61. The van der Waals surface area contributed by atoms with E-state index in [1.807, 2.05) is 78.6 Å². The third-order valence-electron chi connectivity index (χ3n) is 3.64. The van der Waals surface area contributed by atoms with Gasteiger partial charge in [0.1, 0.15) is 6.04 Å². The number of carbonyl (C=O) groups is 2. The predicted molar refractivity (Wildman–Crippen MR) is 87.6 cm³/mol. The summed E-state index contributed by atoms with van der Waals surface area (Å²) >= 11 is 0. The van der Waals surface area contributed by atoms with Gasteiger partial charge in [-0.25, -0.2) is 4.79 Å². The number of amides is 1. The van der Waals surface area contributed by atoms with Crippen LogP contribution in [0.5, 0.6) is 0 Å². The van der Waals surface area contributed by atoms with E-state index in [1.165, 1.54) is 4.90 Å². The average molecular weight is 369 g/mol. The Morgan fingerprint density at radius 3 is 1.88 bits per heavy atom. The molecule has 2 saturated carbocycles. The van der Waals surface area contributed by atoms with Gasteiger partial charge in [-0.3, -0.25) is 9.69 Å². The number of nitrogens with zero attached hydrogens (tertiary/aromatic N) is 1. The number of cyclic esters (lactones) is 1. The van der Waals surface area contributed by atoms with Gasteiger partial charge >= 0.3 is 23.0 Å². The zero-order valence-electron chi connectivity index (χ0n) is 14.4. The monoisotopic (exact) mass is 369 g/mol. The molecule has 1 heterocycles. The molecule has 0 aromatic carbocycles. The zero-order valence-corrected chi connectivity index (χ0v) is 15.5. The smallest absolute Gasteiger partial charge is 0.439 e. The van der Waals surface area contributed by atoms with E-state index in [9.17, 15) is 9.59 Å². The summed E-state index contributed by atoms with van der Waals surface area (Å²) in [5.74, 6) is 0.413. The van der Waals surface area contributed by atoms with E-state index in [-0.39, 0.29) is 28.9 Å². The Morgan fingerprint density at radius 1 is 1.00 bits per heavy atom. The normalized spacial score (nSPS) is 27.3. The molecule has 0 aromatic heterocycles. The largest absolute Gasteiger partial charge is 2.00 e. The van der Waals surface area contributed by atoms with Crippen LogP contribution in [0.1, 0.15) is 27.7 Å². The standard InChI is InChI=1S/C14H18NO3.C5H5.Fe/c1-9-12(16)18-11(10-7-5-6-8-10)15(9)13(17)14(2,3)4;1-2-4-5-3-1;/h5-9,11H,1-4H3;1-5H;/q;;+2/t9-,11-;;/m0../s1. The molecule has 3 aliphatic rings. The summed E-state index contributed by atoms with van der Waals surface area (Å²) in [4.78, 5) is 25.7. The van der Waals surface area contributed by atoms with Crippen molar-refractivity contribution in [2.24, 2.45) is 5.41 Å². The molecule has 0 bridgehead atoms. The quantitative estimate of drug-likeness (QED) is 0.527. The Labute approximate surface area is 157 Å². The van der Waals surface area contributed by atoms with Crippen LogP contribution in [0.4, 0.5) is 0 Å². The summed E-state index contributed by atoms with van der Waals surface area (Å²) in [5, 5.41) is 0. The Balaban J connectivity index is 0.000000412. The van der Waals surface area contributed by atoms with Crippen LogP contribution >= 0.6 is 0 Å². The maximum absolute atomic E-state index is 12.4. The molecule has 0 aromatic rings. The molecule has 0 unspecified atom stereocenters. The fourth-order valence-corrected chi connectivity index (χ4v) is 2.35. The van der Waals surface area contributed by atoms with E-state index in [0.29, 0.717) is 0 Å². The molecule has 0 N–H and O–H groups in total. The Kier molecular flexibility index (Phi) is 8.28. The van der Waals surface area contributed by atoms with Crippen molar-refractivity contribution in [2.75, 3.05) is 0 Å². The Bertz CT molecular complexity index is 415. The summed E-state index contributed by atoms with van der Waals surface area (Å²) in [7, 11) is 0. The van der Waals surface area contributed by atoms with E-state index in [0.717, 1.165) is 5.92 Å². The van der Waals surface area contributed by atoms with Crippen LogP contribution in [-0.2, 0) is 31.4 Å². The van der Waals surface area contributed by atoms with E-state index < -0.39 is 17.7 Å². The molecule has 1 amide bonds. The molecule has 2 aliphatic carbocycles. The third-order valence-corrected chi connectivity index (χ3v) is 3.64. The van der Waals surface area contributed by atoms with Gasteiger partial charge in [0.05, 0.1) is 0 Å². The first kappa shape index (κ1) is 21.5. The fraction of sp³-hybridized carbons (Fsp3) is 0.368. The van der Waals surface area contributed by atoms with Gasteiger partial charge < -0.3 is 4.74 Å². The molecule has 5 heteroatoms. The maximum atomic E-state index is 12.4. The van der Waals surface area contributed by atoms with E-state index in [2.05, 4.69) is 0 Å². The molecular formula is C19H23FeNO3+2. The zero-order chi connectivity index (χ0) is 17.0. The molecule has 2 atom stereocenters. The van der Waals surface area contributed by atoms with Crippen LogP contribution < -0.4 is 0 Å². The molecule has 4 nitrogen and oxygen atoms in total. The third kappa shape index (κ3) is 5.23. The van der Waals surface area contributed by atoms with Gasteiger partial charge in [-0.2, -0.15) is 0 Å². The van der Waals surface area contributed by atoms with Crippen molar-refractivity contribution in [1.82, 2.24) is 4.90 Å². The fourth-order valence-electron chi connectivity index (χ4n) is 2.35. The van der Waals surface area contributed by atoms with Crippen LogP contribution in [0.2, 0.25) is 0 Å². The summed E-state index contributed by atoms with van der Waals surface area (Å²) in [6.45, 7) is 7.22. The molecule has 0 spiro atoms. The summed E-state index contributed by atoms with van der Waals surface area (Å²) in [6.07, 6.45) is 16.9. The van der Waals surface area contributed by atoms with Crippen LogP contribution in [-0.4, -0.2) is 29.0 Å². The van der Waals surface area contributed by atoms with Gasteiger partial charge in [0.2, 0.25) is 5.91 Å². The molecule has 1 saturated heterocycles. The van der Waals surface area contributed by atoms with Gasteiger partial charge in [0, 0.05) is 11.3 Å². The number of esters is 1. The topological polar surface area (TPSA) is 46.6 Å². The van der Waals surface area contributed by atoms with E-state index in [1.54, 1.807) is 6.92 Å². The van der Waals surface area contributed by atoms with Gasteiger partial charge in [-0.1, -0.05) is 20.8 Å². The minimum absolute atomic E-state index is 0. The molecule has 128 valence electrons. The van der Waals surface area contributed by atoms with E-state index >= 15 is 0 Å². The number of carbonyl (C=O) groups excluding carboxylic acids is 2. The molecular weight excluding hydrogens is 346 g/mol. The van der Waals surface area contributed by atoms with Crippen LogP contribution in [0, 0.1) is 69.1 Å². The molecule has 24 heavy (non-hydrogen) atoms. The van der Waals surface area contributed by atoms with Crippen molar-refractivity contribution < 1.29 is 31.4 Å². The second-order valence-electron chi connectivity index (χ2n) is 6.61. The van der Waals surface area contributed by atoms with Crippen molar-refractivity contribution in [3.8, 4) is 0 Å². The number of rotatable bonds is 1. The summed E-state index contributed by atoms with van der Waals surface area (Å²) in [6, 6.07) is -0.531. The SMILES string of the molecule is C[C@H]1C(=O)O[C@@H]([C]2[CH][CH][CH][CH]2)N1C(=O)C(C)(C)C.[CH]1[CH][CH][CH][CH]1.[Fe+2]. The number of hydrogen-bond donors (Lipinski definition) is 0. The van der Waals surface area contributed by atoms with Crippen LogP contribution in [0.3, 0.4) is 0 Å². The Hall–Kier alpha value is -0.541. The minimum Gasteiger partial charge on any atom is -0.439 e. The summed E-state index contributed by atoms with van der Waals surface area (Å²) in [5.41, 5.74) is -0.535. The summed E-state index contributed by atoms with van der Waals surface area (Å²) < 4.78 is 5.31. The first-order chi connectivity index (χ1) is 10.8. The van der Waals surface area contributed by atoms with Crippen molar-refractivity contribution >= 4 is 11.9 Å². The van der Waals surface area contributed by atoms with Gasteiger partial charge in [-0.05, 0) is 64.7 Å². The molecule has 3 fully saturated rings. The molecule has 10 radical (unpaired) electrons. The van der Waals surface area contributed by atoms with Crippen LogP contribution in [0.15, 0.2) is 0 Å². The van der Waals surface area contributed by atoms with Gasteiger partial charge in [0.15, 0.2) is 6.23 Å². The molecule has 1 aliphatic heterocycles. The number of hydrogen-bond acceptors (Lipinski definition) is 3. The predicted octanol–water partition coefficient (Wildman–Crippen LogP) is 2.56. The maximum Gasteiger partial charge on any atom is 2.00 e. The van der Waals surface area contributed by atoms with Crippen LogP contribution in [0.25, 0.3) is 0 Å². The average Bonchev–Trinajstić information content (AvgIpc) is 3.21. The van der Waals surface area contributed by atoms with Crippen molar-refractivity contribution in [2.45, 2.75) is 40.0 Å². The van der Waals surface area contributed by atoms with Gasteiger partial charge in [0.25, 0.3) is 0 Å². The van der Waals surface area contributed by atoms with Crippen molar-refractivity contribution in [3.05, 3.63) is 63.7 Å². The minimum atomic E-state index is -0.589. The van der Waals surface area contributed by atoms with Gasteiger partial charge in [-0.15, -0.1) is 0 Å². The number of ether oxygens (including phenoxy) is 1. The second kappa shape index (κ2) is 9.24. The van der Waals surface area contributed by atoms with Crippen molar-refractivity contribution in [3.63, 3.8) is 0 Å².